The van der Waals surface area contributed by atoms with Crippen LogP contribution in [-0.2, 0) is 4.79 Å². The van der Waals surface area contributed by atoms with Gasteiger partial charge in [0.2, 0.25) is 0 Å². The fourth-order valence-corrected chi connectivity index (χ4v) is 0.966. The third kappa shape index (κ3) is 5.76. The van der Waals surface area contributed by atoms with Crippen LogP contribution in [-0.4, -0.2) is 5.78 Å². The van der Waals surface area contributed by atoms with Crippen LogP contribution in [0.5, 0.6) is 0 Å². The van der Waals surface area contributed by atoms with Crippen molar-refractivity contribution in [2.75, 3.05) is 0 Å². The zero-order chi connectivity index (χ0) is 12.4. The van der Waals surface area contributed by atoms with Crippen LogP contribution in [0.1, 0.15) is 13.8 Å². The standard InChI is InChI=1S/C15H18O/c1-5-7-9-11-13(3)15(16)14(4)12-10-8-6-2/h5-12H,1,4H2,2-3H3/b8-6-,9-7-,12-10-,13-11+. The topological polar surface area (TPSA) is 17.1 Å². The molecule has 0 heterocycles. The Morgan fingerprint density at radius 1 is 1.12 bits per heavy atom. The van der Waals surface area contributed by atoms with Gasteiger partial charge in [0.25, 0.3) is 0 Å². The van der Waals surface area contributed by atoms with E-state index in [0.717, 1.165) is 0 Å². The molecule has 0 unspecified atom stereocenters. The lowest BCUT2D eigenvalue weighted by Crippen LogP contribution is -2.00. The Hall–Kier alpha value is -1.89. The molecule has 0 aliphatic heterocycles. The molecule has 0 saturated heterocycles. The van der Waals surface area contributed by atoms with Crippen molar-refractivity contribution in [2.24, 2.45) is 0 Å². The van der Waals surface area contributed by atoms with Crippen molar-refractivity contribution in [3.63, 3.8) is 0 Å². The molecule has 0 atom stereocenters. The molecule has 0 N–H and O–H groups in total. The van der Waals surface area contributed by atoms with Gasteiger partial charge in [0.1, 0.15) is 0 Å². The second-order valence-corrected chi connectivity index (χ2v) is 3.21. The molecule has 0 fully saturated rings. The molecule has 0 aliphatic carbocycles. The molecule has 84 valence electrons. The summed E-state index contributed by atoms with van der Waals surface area (Å²) in [4.78, 5) is 11.7. The van der Waals surface area contributed by atoms with Crippen molar-refractivity contribution in [1.82, 2.24) is 0 Å². The van der Waals surface area contributed by atoms with Gasteiger partial charge in [-0.05, 0) is 19.4 Å². The molecule has 0 aromatic heterocycles. The molecule has 0 spiro atoms. The van der Waals surface area contributed by atoms with Crippen LogP contribution in [0, 0.1) is 0 Å². The van der Waals surface area contributed by atoms with Crippen molar-refractivity contribution in [1.29, 1.82) is 0 Å². The zero-order valence-corrected chi connectivity index (χ0v) is 9.94. The van der Waals surface area contributed by atoms with Gasteiger partial charge in [-0.25, -0.2) is 0 Å². The van der Waals surface area contributed by atoms with Crippen LogP contribution in [0.25, 0.3) is 0 Å². The first-order chi connectivity index (χ1) is 7.63. The van der Waals surface area contributed by atoms with E-state index in [1.807, 2.05) is 19.1 Å². The van der Waals surface area contributed by atoms with Crippen molar-refractivity contribution in [2.45, 2.75) is 13.8 Å². The monoisotopic (exact) mass is 214 g/mol. The molecule has 0 amide bonds. The Morgan fingerprint density at radius 3 is 2.38 bits per heavy atom. The number of hydrogen-bond donors (Lipinski definition) is 0. The van der Waals surface area contributed by atoms with Crippen molar-refractivity contribution in [3.8, 4) is 0 Å². The lowest BCUT2D eigenvalue weighted by molar-refractivity contribution is -0.111. The Morgan fingerprint density at radius 2 is 1.81 bits per heavy atom. The molecule has 0 bridgehead atoms. The number of hydrogen-bond acceptors (Lipinski definition) is 1. The first kappa shape index (κ1) is 14.1. The number of ketones is 1. The minimum atomic E-state index is -0.0468. The van der Waals surface area contributed by atoms with Gasteiger partial charge >= 0.3 is 0 Å². The quantitative estimate of drug-likeness (QED) is 0.483. The van der Waals surface area contributed by atoms with E-state index in [2.05, 4.69) is 13.2 Å². The smallest absolute Gasteiger partial charge is 0.188 e. The average molecular weight is 214 g/mol. The molecular formula is C15H18O. The van der Waals surface area contributed by atoms with Gasteiger partial charge in [-0.1, -0.05) is 61.8 Å². The Bertz CT molecular complexity index is 376. The Balaban J connectivity index is 4.55. The Kier molecular flexibility index (Phi) is 7.43. The van der Waals surface area contributed by atoms with E-state index < -0.39 is 0 Å². The maximum Gasteiger partial charge on any atom is 0.188 e. The van der Waals surface area contributed by atoms with Crippen LogP contribution in [0.15, 0.2) is 72.9 Å². The minimum Gasteiger partial charge on any atom is -0.289 e. The van der Waals surface area contributed by atoms with Crippen LogP contribution in [0.4, 0.5) is 0 Å². The van der Waals surface area contributed by atoms with E-state index in [-0.39, 0.29) is 5.78 Å². The van der Waals surface area contributed by atoms with Crippen LogP contribution < -0.4 is 0 Å². The van der Waals surface area contributed by atoms with E-state index in [1.54, 1.807) is 43.4 Å². The first-order valence-electron chi connectivity index (χ1n) is 5.12. The van der Waals surface area contributed by atoms with Gasteiger partial charge in [-0.3, -0.25) is 4.79 Å². The average Bonchev–Trinajstić information content (AvgIpc) is 2.28. The lowest BCUT2D eigenvalue weighted by Gasteiger charge is -1.98. The molecule has 0 saturated carbocycles. The lowest BCUT2D eigenvalue weighted by atomic mass is 10.1. The predicted octanol–water partition coefficient (Wildman–Crippen LogP) is 3.93. The molecule has 1 nitrogen and oxygen atoms in total. The Labute approximate surface area is 97.9 Å². The van der Waals surface area contributed by atoms with E-state index in [9.17, 15) is 4.79 Å². The van der Waals surface area contributed by atoms with E-state index >= 15 is 0 Å². The molecule has 0 aliphatic rings. The molecule has 1 heteroatoms. The van der Waals surface area contributed by atoms with Crippen molar-refractivity contribution >= 4 is 5.78 Å². The van der Waals surface area contributed by atoms with Gasteiger partial charge in [0, 0.05) is 5.57 Å². The first-order valence-corrected chi connectivity index (χ1v) is 5.12. The van der Waals surface area contributed by atoms with Gasteiger partial charge in [-0.2, -0.15) is 0 Å². The summed E-state index contributed by atoms with van der Waals surface area (Å²) in [5.74, 6) is -0.0468. The molecule has 16 heavy (non-hydrogen) atoms. The van der Waals surface area contributed by atoms with Gasteiger partial charge in [0.05, 0.1) is 0 Å². The summed E-state index contributed by atoms with van der Waals surface area (Å²) in [6, 6.07) is 0. The van der Waals surface area contributed by atoms with Gasteiger partial charge in [0.15, 0.2) is 5.78 Å². The highest BCUT2D eigenvalue weighted by Crippen LogP contribution is 2.05. The highest BCUT2D eigenvalue weighted by Gasteiger charge is 2.04. The second-order valence-electron chi connectivity index (χ2n) is 3.21. The number of carbonyl (C=O) groups excluding carboxylic acids is 1. The number of Topliss-reactive ketones (excluding diaryl/α,β-unsaturated/α-hetero) is 1. The van der Waals surface area contributed by atoms with Crippen molar-refractivity contribution < 1.29 is 4.79 Å². The highest BCUT2D eigenvalue weighted by atomic mass is 16.1. The maximum atomic E-state index is 11.7. The summed E-state index contributed by atoms with van der Waals surface area (Å²) in [6.45, 7) is 11.0. The van der Waals surface area contributed by atoms with Crippen LogP contribution in [0.3, 0.4) is 0 Å². The summed E-state index contributed by atoms with van der Waals surface area (Å²) in [7, 11) is 0. The SMILES string of the molecule is C=C/C=C\C=C(/C)C(=O)C(=C)/C=C\C=C/C. The summed E-state index contributed by atoms with van der Waals surface area (Å²) in [5, 5.41) is 0. The molecule has 0 rings (SSSR count). The van der Waals surface area contributed by atoms with E-state index in [0.29, 0.717) is 11.1 Å². The molecule has 0 aromatic carbocycles. The maximum absolute atomic E-state index is 11.7. The van der Waals surface area contributed by atoms with Crippen LogP contribution in [0.2, 0.25) is 0 Å². The van der Waals surface area contributed by atoms with E-state index in [4.69, 9.17) is 0 Å². The predicted molar refractivity (Wildman–Crippen MR) is 71.2 cm³/mol. The van der Waals surface area contributed by atoms with Gasteiger partial charge < -0.3 is 0 Å². The van der Waals surface area contributed by atoms with Gasteiger partial charge in [-0.15, -0.1) is 0 Å². The summed E-state index contributed by atoms with van der Waals surface area (Å²) >= 11 is 0. The fourth-order valence-electron chi connectivity index (χ4n) is 0.966. The minimum absolute atomic E-state index is 0.0468. The second kappa shape index (κ2) is 8.42. The summed E-state index contributed by atoms with van der Waals surface area (Å²) in [5.41, 5.74) is 1.15. The highest BCUT2D eigenvalue weighted by molar-refractivity contribution is 6.09. The third-order valence-corrected chi connectivity index (χ3v) is 1.84. The number of rotatable bonds is 6. The van der Waals surface area contributed by atoms with Crippen molar-refractivity contribution in [3.05, 3.63) is 72.9 Å². The third-order valence-electron chi connectivity index (χ3n) is 1.84. The summed E-state index contributed by atoms with van der Waals surface area (Å²) < 4.78 is 0. The van der Waals surface area contributed by atoms with Crippen LogP contribution >= 0.6 is 0 Å². The largest absolute Gasteiger partial charge is 0.289 e. The van der Waals surface area contributed by atoms with E-state index in [1.165, 1.54) is 0 Å². The molecule has 0 aromatic rings. The molecule has 0 radical (unpaired) electrons. The number of carbonyl (C=O) groups is 1. The normalized spacial score (nSPS) is 12.8. The number of allylic oxidation sites excluding steroid dienone is 10. The summed E-state index contributed by atoms with van der Waals surface area (Å²) in [6.07, 6.45) is 14.2. The molecular weight excluding hydrogens is 196 g/mol. The zero-order valence-electron chi connectivity index (χ0n) is 9.94. The fraction of sp³-hybridized carbons (Fsp3) is 0.133.